The Kier molecular flexibility index (Phi) is 4.96. The van der Waals surface area contributed by atoms with E-state index >= 15 is 0 Å². The van der Waals surface area contributed by atoms with E-state index in [1.54, 1.807) is 23.6 Å². The maximum atomic E-state index is 12.4. The Hall–Kier alpha value is -3.72. The number of carbonyl (C=O) groups excluding carboxylic acids is 2. The van der Waals surface area contributed by atoms with Crippen LogP contribution in [0.1, 0.15) is 17.4 Å². The molecule has 0 aliphatic rings. The molecule has 1 atom stereocenters. The van der Waals surface area contributed by atoms with Gasteiger partial charge in [-0.2, -0.15) is 0 Å². The number of hydrogen-bond donors (Lipinski definition) is 3. The van der Waals surface area contributed by atoms with E-state index in [4.69, 9.17) is 4.74 Å². The van der Waals surface area contributed by atoms with Gasteiger partial charge in [0.2, 0.25) is 0 Å². The molecule has 9 heteroatoms. The Labute approximate surface area is 168 Å². The second-order valence-corrected chi connectivity index (χ2v) is 7.14. The Morgan fingerprint density at radius 1 is 1.10 bits per heavy atom. The minimum Gasteiger partial charge on any atom is -0.448 e. The van der Waals surface area contributed by atoms with Crippen molar-refractivity contribution >= 4 is 39.9 Å². The molecule has 2 aromatic heterocycles. The van der Waals surface area contributed by atoms with Gasteiger partial charge in [-0.15, -0.1) is 11.3 Å². The molecule has 2 aromatic carbocycles. The van der Waals surface area contributed by atoms with Crippen LogP contribution in [0.5, 0.6) is 0 Å². The molecule has 2 heterocycles. The first-order valence-electron chi connectivity index (χ1n) is 8.74. The zero-order valence-corrected chi connectivity index (χ0v) is 16.1. The number of rotatable bonds is 5. The Bertz CT molecular complexity index is 1240. The first kappa shape index (κ1) is 18.6. The molecule has 0 saturated heterocycles. The number of benzene rings is 2. The van der Waals surface area contributed by atoms with Gasteiger partial charge in [0.05, 0.1) is 11.0 Å². The fraction of sp³-hybridized carbons (Fsp3) is 0.100. The smallest absolute Gasteiger partial charge is 0.358 e. The van der Waals surface area contributed by atoms with Crippen molar-refractivity contribution in [1.29, 1.82) is 0 Å². The Morgan fingerprint density at radius 2 is 1.86 bits per heavy atom. The van der Waals surface area contributed by atoms with Crippen LogP contribution in [-0.2, 0) is 9.53 Å². The van der Waals surface area contributed by atoms with Crippen LogP contribution in [-0.4, -0.2) is 32.9 Å². The van der Waals surface area contributed by atoms with Crippen molar-refractivity contribution in [1.82, 2.24) is 15.0 Å². The SMILES string of the molecule is C[C@H](OC(=O)c1csc(-c2ccccc2)n1)C(=O)Nc1ccc2[nH]c(=O)[nH]c2c1. The van der Waals surface area contributed by atoms with E-state index in [0.29, 0.717) is 21.7 Å². The molecular weight excluding hydrogens is 392 g/mol. The third-order valence-corrected chi connectivity index (χ3v) is 5.06. The van der Waals surface area contributed by atoms with Crippen molar-refractivity contribution in [2.24, 2.45) is 0 Å². The Morgan fingerprint density at radius 3 is 2.66 bits per heavy atom. The number of carbonyl (C=O) groups is 2. The highest BCUT2D eigenvalue weighted by Gasteiger charge is 2.21. The van der Waals surface area contributed by atoms with E-state index in [1.165, 1.54) is 18.3 Å². The minimum atomic E-state index is -1.02. The number of esters is 1. The summed E-state index contributed by atoms with van der Waals surface area (Å²) in [7, 11) is 0. The van der Waals surface area contributed by atoms with E-state index in [-0.39, 0.29) is 11.4 Å². The highest BCUT2D eigenvalue weighted by atomic mass is 32.1. The molecule has 3 N–H and O–H groups in total. The molecule has 0 unspecified atom stereocenters. The molecule has 0 aliphatic heterocycles. The van der Waals surface area contributed by atoms with Crippen LogP contribution in [0.25, 0.3) is 21.6 Å². The fourth-order valence-electron chi connectivity index (χ4n) is 2.71. The molecule has 0 radical (unpaired) electrons. The quantitative estimate of drug-likeness (QED) is 0.439. The number of nitrogens with one attached hydrogen (secondary N) is 3. The van der Waals surface area contributed by atoms with Crippen molar-refractivity contribution in [3.05, 3.63) is 70.1 Å². The summed E-state index contributed by atoms with van der Waals surface area (Å²) in [5.41, 5.74) is 2.39. The zero-order valence-electron chi connectivity index (χ0n) is 15.3. The normalized spacial score (nSPS) is 11.9. The van der Waals surface area contributed by atoms with E-state index in [0.717, 1.165) is 5.56 Å². The van der Waals surface area contributed by atoms with E-state index in [2.05, 4.69) is 20.3 Å². The lowest BCUT2D eigenvalue weighted by Gasteiger charge is -2.12. The predicted molar refractivity (Wildman–Crippen MR) is 110 cm³/mol. The summed E-state index contributed by atoms with van der Waals surface area (Å²) >= 11 is 1.33. The van der Waals surface area contributed by atoms with Crippen molar-refractivity contribution in [2.45, 2.75) is 13.0 Å². The molecule has 0 aliphatic carbocycles. The van der Waals surface area contributed by atoms with Gasteiger partial charge in [0, 0.05) is 16.6 Å². The summed E-state index contributed by atoms with van der Waals surface area (Å²) in [5.74, 6) is -1.16. The van der Waals surface area contributed by atoms with Crippen LogP contribution in [0.3, 0.4) is 0 Å². The minimum absolute atomic E-state index is 0.153. The van der Waals surface area contributed by atoms with Gasteiger partial charge in [0.1, 0.15) is 5.01 Å². The first-order chi connectivity index (χ1) is 14.0. The molecule has 0 bridgehead atoms. The molecule has 146 valence electrons. The molecule has 8 nitrogen and oxygen atoms in total. The number of imidazole rings is 1. The van der Waals surface area contributed by atoms with Gasteiger partial charge in [-0.3, -0.25) is 4.79 Å². The summed E-state index contributed by atoms with van der Waals surface area (Å²) in [5, 5.41) is 4.96. The van der Waals surface area contributed by atoms with Gasteiger partial charge >= 0.3 is 11.7 Å². The number of aromatic nitrogens is 3. The van der Waals surface area contributed by atoms with Crippen molar-refractivity contribution in [3.63, 3.8) is 0 Å². The average molecular weight is 408 g/mol. The molecule has 4 aromatic rings. The van der Waals surface area contributed by atoms with E-state index in [9.17, 15) is 14.4 Å². The summed E-state index contributed by atoms with van der Waals surface area (Å²) in [4.78, 5) is 45.5. The summed E-state index contributed by atoms with van der Waals surface area (Å²) in [6.45, 7) is 1.48. The van der Waals surface area contributed by atoms with E-state index in [1.807, 2.05) is 30.3 Å². The summed E-state index contributed by atoms with van der Waals surface area (Å²) < 4.78 is 5.24. The number of H-pyrrole nitrogens is 2. The lowest BCUT2D eigenvalue weighted by Crippen LogP contribution is -2.30. The maximum absolute atomic E-state index is 12.4. The number of ether oxygens (including phenoxy) is 1. The molecule has 0 saturated carbocycles. The number of aromatic amines is 2. The topological polar surface area (TPSA) is 117 Å². The van der Waals surface area contributed by atoms with E-state index < -0.39 is 18.0 Å². The Balaban J connectivity index is 1.40. The van der Waals surface area contributed by atoms with Crippen LogP contribution in [0.15, 0.2) is 58.7 Å². The molecule has 1 amide bonds. The second kappa shape index (κ2) is 7.72. The lowest BCUT2D eigenvalue weighted by atomic mass is 10.2. The van der Waals surface area contributed by atoms with Crippen molar-refractivity contribution in [3.8, 4) is 10.6 Å². The molecular formula is C20H16N4O4S. The average Bonchev–Trinajstić information content (AvgIpc) is 3.34. The van der Waals surface area contributed by atoms with Gasteiger partial charge in [0.25, 0.3) is 5.91 Å². The van der Waals surface area contributed by atoms with Crippen LogP contribution >= 0.6 is 11.3 Å². The van der Waals surface area contributed by atoms with Gasteiger partial charge in [-0.1, -0.05) is 30.3 Å². The zero-order chi connectivity index (χ0) is 20.4. The van der Waals surface area contributed by atoms with Crippen LogP contribution in [0.2, 0.25) is 0 Å². The second-order valence-electron chi connectivity index (χ2n) is 6.28. The lowest BCUT2D eigenvalue weighted by molar-refractivity contribution is -0.123. The van der Waals surface area contributed by atoms with Crippen LogP contribution in [0.4, 0.5) is 5.69 Å². The third kappa shape index (κ3) is 4.09. The third-order valence-electron chi connectivity index (χ3n) is 4.17. The number of amides is 1. The van der Waals surface area contributed by atoms with Crippen molar-refractivity contribution in [2.75, 3.05) is 5.32 Å². The van der Waals surface area contributed by atoms with Gasteiger partial charge < -0.3 is 20.0 Å². The molecule has 29 heavy (non-hydrogen) atoms. The molecule has 0 spiro atoms. The molecule has 4 rings (SSSR count). The van der Waals surface area contributed by atoms with Gasteiger partial charge in [0.15, 0.2) is 11.8 Å². The summed E-state index contributed by atoms with van der Waals surface area (Å²) in [6, 6.07) is 14.4. The number of thiazole rings is 1. The number of fused-ring (bicyclic) bond motifs is 1. The van der Waals surface area contributed by atoms with Crippen LogP contribution < -0.4 is 11.0 Å². The van der Waals surface area contributed by atoms with Crippen molar-refractivity contribution < 1.29 is 14.3 Å². The van der Waals surface area contributed by atoms with Gasteiger partial charge in [-0.05, 0) is 25.1 Å². The number of hydrogen-bond acceptors (Lipinski definition) is 6. The highest BCUT2D eigenvalue weighted by Crippen LogP contribution is 2.24. The number of anilines is 1. The highest BCUT2D eigenvalue weighted by molar-refractivity contribution is 7.13. The van der Waals surface area contributed by atoms with Gasteiger partial charge in [-0.25, -0.2) is 14.6 Å². The molecule has 0 fully saturated rings. The fourth-order valence-corrected chi connectivity index (χ4v) is 3.50. The summed E-state index contributed by atoms with van der Waals surface area (Å²) in [6.07, 6.45) is -1.02. The maximum Gasteiger partial charge on any atom is 0.358 e. The standard InChI is InChI=1S/C20H16N4O4S/c1-11(17(25)21-13-7-8-14-15(9-13)24-20(27)23-14)28-19(26)16-10-29-18(22-16)12-5-3-2-4-6-12/h2-11H,1H3,(H,21,25)(H2,23,24,27)/t11-/m0/s1. The number of nitrogens with zero attached hydrogens (tertiary/aromatic N) is 1. The monoisotopic (exact) mass is 408 g/mol. The largest absolute Gasteiger partial charge is 0.448 e. The predicted octanol–water partition coefficient (Wildman–Crippen LogP) is 3.16. The van der Waals surface area contributed by atoms with Crippen LogP contribution in [0, 0.1) is 0 Å². The first-order valence-corrected chi connectivity index (χ1v) is 9.62.